The first-order valence-electron chi connectivity index (χ1n) is 9.82. The van der Waals surface area contributed by atoms with Gasteiger partial charge in [0.1, 0.15) is 11.6 Å². The molecule has 0 aliphatic heterocycles. The van der Waals surface area contributed by atoms with Crippen LogP contribution in [0.15, 0.2) is 59.7 Å². The number of guanidine groups is 1. The Bertz CT molecular complexity index is 1130. The number of nitrogens with one attached hydrogen (secondary N) is 4. The van der Waals surface area contributed by atoms with E-state index in [1.165, 1.54) is 10.9 Å². The molecular formula is C22H25N7O. The maximum atomic E-state index is 5.18. The van der Waals surface area contributed by atoms with Crippen LogP contribution < -0.4 is 15.4 Å². The van der Waals surface area contributed by atoms with E-state index in [4.69, 9.17) is 4.74 Å². The van der Waals surface area contributed by atoms with Gasteiger partial charge in [-0.15, -0.1) is 0 Å². The Hall–Kier alpha value is -3.81. The molecule has 4 aromatic rings. The summed E-state index contributed by atoms with van der Waals surface area (Å²) in [6.45, 7) is 1.27. The van der Waals surface area contributed by atoms with Gasteiger partial charge in [-0.05, 0) is 42.3 Å². The second-order valence-electron chi connectivity index (χ2n) is 6.80. The molecule has 2 aromatic carbocycles. The first kappa shape index (κ1) is 19.5. The Kier molecular flexibility index (Phi) is 5.93. The summed E-state index contributed by atoms with van der Waals surface area (Å²) in [7, 11) is 3.40. The van der Waals surface area contributed by atoms with Crippen molar-refractivity contribution in [1.82, 2.24) is 30.8 Å². The van der Waals surface area contributed by atoms with Crippen molar-refractivity contribution in [3.05, 3.63) is 66.1 Å². The van der Waals surface area contributed by atoms with Crippen LogP contribution in [0.1, 0.15) is 11.4 Å². The fourth-order valence-electron chi connectivity index (χ4n) is 3.29. The number of rotatable bonds is 7. The third kappa shape index (κ3) is 4.43. The molecule has 0 unspecified atom stereocenters. The van der Waals surface area contributed by atoms with E-state index in [1.54, 1.807) is 14.2 Å². The second-order valence-corrected chi connectivity index (χ2v) is 6.80. The minimum Gasteiger partial charge on any atom is -0.497 e. The molecule has 30 heavy (non-hydrogen) atoms. The number of ether oxygens (including phenoxy) is 1. The Morgan fingerprint density at radius 1 is 1.10 bits per heavy atom. The quantitative estimate of drug-likeness (QED) is 0.281. The molecule has 0 aliphatic rings. The summed E-state index contributed by atoms with van der Waals surface area (Å²) in [6, 6.07) is 16.0. The smallest absolute Gasteiger partial charge is 0.191 e. The molecule has 4 N–H and O–H groups in total. The minimum atomic E-state index is 0.496. The summed E-state index contributed by atoms with van der Waals surface area (Å²) in [5.74, 6) is 2.91. The fraction of sp³-hybridized carbons (Fsp3) is 0.227. The highest BCUT2D eigenvalue weighted by molar-refractivity contribution is 5.83. The number of methoxy groups -OCH3 is 1. The van der Waals surface area contributed by atoms with Crippen LogP contribution in [-0.2, 0) is 13.0 Å². The van der Waals surface area contributed by atoms with E-state index in [-0.39, 0.29) is 0 Å². The zero-order valence-corrected chi connectivity index (χ0v) is 17.1. The number of hydrogen-bond acceptors (Lipinski definition) is 4. The average Bonchev–Trinajstić information content (AvgIpc) is 3.43. The lowest BCUT2D eigenvalue weighted by Crippen LogP contribution is -2.38. The van der Waals surface area contributed by atoms with Gasteiger partial charge in [-0.25, -0.2) is 4.98 Å². The summed E-state index contributed by atoms with van der Waals surface area (Å²) in [5, 5.41) is 15.1. The van der Waals surface area contributed by atoms with Gasteiger partial charge < -0.3 is 20.4 Å². The van der Waals surface area contributed by atoms with Crippen molar-refractivity contribution in [3.63, 3.8) is 0 Å². The van der Waals surface area contributed by atoms with Crippen LogP contribution in [-0.4, -0.2) is 46.8 Å². The van der Waals surface area contributed by atoms with Gasteiger partial charge in [0, 0.05) is 36.3 Å². The van der Waals surface area contributed by atoms with Gasteiger partial charge in [-0.1, -0.05) is 18.2 Å². The standard InChI is InChI=1S/C22H25N7O/c1-23-22(24-12-11-16-13-25-19-6-4-3-5-18(16)19)26-14-20-27-21(29-28-20)15-7-9-17(30-2)10-8-15/h3-10,13,25H,11-12,14H2,1-2H3,(H2,23,24,26)(H,27,28,29). The number of H-pyrrole nitrogens is 2. The zero-order chi connectivity index (χ0) is 20.8. The average molecular weight is 403 g/mol. The van der Waals surface area contributed by atoms with Gasteiger partial charge in [0.05, 0.1) is 13.7 Å². The summed E-state index contributed by atoms with van der Waals surface area (Å²) in [5.41, 5.74) is 3.38. The Morgan fingerprint density at radius 2 is 1.93 bits per heavy atom. The van der Waals surface area contributed by atoms with Crippen molar-refractivity contribution >= 4 is 16.9 Å². The number of para-hydroxylation sites is 1. The van der Waals surface area contributed by atoms with E-state index in [1.807, 2.05) is 30.3 Å². The summed E-state index contributed by atoms with van der Waals surface area (Å²) in [6.07, 6.45) is 2.96. The predicted octanol–water partition coefficient (Wildman–Crippen LogP) is 2.87. The summed E-state index contributed by atoms with van der Waals surface area (Å²) in [4.78, 5) is 12.1. The normalized spacial score (nSPS) is 11.6. The number of aliphatic imine (C=N–C) groups is 1. The molecule has 0 amide bonds. The molecule has 0 saturated heterocycles. The predicted molar refractivity (Wildman–Crippen MR) is 119 cm³/mol. The second kappa shape index (κ2) is 9.13. The highest BCUT2D eigenvalue weighted by Crippen LogP contribution is 2.19. The highest BCUT2D eigenvalue weighted by Gasteiger charge is 2.08. The fourth-order valence-corrected chi connectivity index (χ4v) is 3.29. The van der Waals surface area contributed by atoms with Gasteiger partial charge in [-0.2, -0.15) is 5.10 Å². The molecule has 4 rings (SSSR count). The van der Waals surface area contributed by atoms with Crippen LogP contribution >= 0.6 is 0 Å². The van der Waals surface area contributed by atoms with E-state index >= 15 is 0 Å². The largest absolute Gasteiger partial charge is 0.497 e. The third-order valence-corrected chi connectivity index (χ3v) is 4.89. The van der Waals surface area contributed by atoms with E-state index in [0.29, 0.717) is 12.4 Å². The molecule has 8 heteroatoms. The third-order valence-electron chi connectivity index (χ3n) is 4.89. The Balaban J connectivity index is 1.29. The SMILES string of the molecule is CN=C(NCCc1c[nH]c2ccccc12)NCc1nc(-c2ccc(OC)cc2)n[nH]1. The molecule has 154 valence electrons. The van der Waals surface area contributed by atoms with Gasteiger partial charge in [0.25, 0.3) is 0 Å². The molecule has 2 heterocycles. The first-order chi connectivity index (χ1) is 14.8. The van der Waals surface area contributed by atoms with Crippen LogP contribution in [0.2, 0.25) is 0 Å². The zero-order valence-electron chi connectivity index (χ0n) is 17.1. The number of aromatic amines is 2. The van der Waals surface area contributed by atoms with Crippen LogP contribution in [0.5, 0.6) is 5.75 Å². The van der Waals surface area contributed by atoms with Crippen molar-refractivity contribution in [1.29, 1.82) is 0 Å². The molecule has 0 saturated carbocycles. The molecule has 0 bridgehead atoms. The first-order valence-corrected chi connectivity index (χ1v) is 9.82. The van der Waals surface area contributed by atoms with Crippen molar-refractivity contribution < 1.29 is 4.74 Å². The van der Waals surface area contributed by atoms with E-state index < -0.39 is 0 Å². The van der Waals surface area contributed by atoms with Gasteiger partial charge >= 0.3 is 0 Å². The van der Waals surface area contributed by atoms with Gasteiger partial charge in [-0.3, -0.25) is 10.1 Å². The number of fused-ring (bicyclic) bond motifs is 1. The van der Waals surface area contributed by atoms with Crippen molar-refractivity contribution in [3.8, 4) is 17.1 Å². The molecule has 0 spiro atoms. The minimum absolute atomic E-state index is 0.496. The molecule has 0 fully saturated rings. The van der Waals surface area contributed by atoms with Crippen LogP contribution in [0.25, 0.3) is 22.3 Å². The molecule has 0 aliphatic carbocycles. The maximum absolute atomic E-state index is 5.18. The van der Waals surface area contributed by atoms with E-state index in [2.05, 4.69) is 60.2 Å². The molecule has 8 nitrogen and oxygen atoms in total. The van der Waals surface area contributed by atoms with Gasteiger partial charge in [0.2, 0.25) is 0 Å². The number of nitrogens with zero attached hydrogens (tertiary/aromatic N) is 3. The number of aromatic nitrogens is 4. The molecular weight excluding hydrogens is 378 g/mol. The van der Waals surface area contributed by atoms with Crippen LogP contribution in [0, 0.1) is 0 Å². The molecule has 0 atom stereocenters. The van der Waals surface area contributed by atoms with Crippen LogP contribution in [0.4, 0.5) is 0 Å². The highest BCUT2D eigenvalue weighted by atomic mass is 16.5. The Morgan fingerprint density at radius 3 is 2.73 bits per heavy atom. The monoisotopic (exact) mass is 403 g/mol. The van der Waals surface area contributed by atoms with E-state index in [0.717, 1.165) is 41.6 Å². The number of hydrogen-bond donors (Lipinski definition) is 4. The maximum Gasteiger partial charge on any atom is 0.191 e. The van der Waals surface area contributed by atoms with E-state index in [9.17, 15) is 0 Å². The van der Waals surface area contributed by atoms with Crippen molar-refractivity contribution in [2.24, 2.45) is 4.99 Å². The molecule has 2 aromatic heterocycles. The Labute approximate surface area is 174 Å². The lowest BCUT2D eigenvalue weighted by atomic mass is 10.1. The lowest BCUT2D eigenvalue weighted by molar-refractivity contribution is 0.415. The molecule has 0 radical (unpaired) electrons. The van der Waals surface area contributed by atoms with Crippen molar-refractivity contribution in [2.45, 2.75) is 13.0 Å². The van der Waals surface area contributed by atoms with Crippen LogP contribution in [0.3, 0.4) is 0 Å². The summed E-state index contributed by atoms with van der Waals surface area (Å²) >= 11 is 0. The lowest BCUT2D eigenvalue weighted by Gasteiger charge is -2.10. The summed E-state index contributed by atoms with van der Waals surface area (Å²) < 4.78 is 5.18. The van der Waals surface area contributed by atoms with Crippen molar-refractivity contribution in [2.75, 3.05) is 20.7 Å². The topological polar surface area (TPSA) is 103 Å². The number of benzene rings is 2. The van der Waals surface area contributed by atoms with Gasteiger partial charge in [0.15, 0.2) is 11.8 Å².